The van der Waals surface area contributed by atoms with Gasteiger partial charge in [0.1, 0.15) is 11.9 Å². The molecule has 1 unspecified atom stereocenters. The number of hydrogen-bond acceptors (Lipinski definition) is 8. The molecular weight excluding hydrogens is 410 g/mol. The maximum Gasteiger partial charge on any atom is 0.251 e. The van der Waals surface area contributed by atoms with Gasteiger partial charge in [-0.3, -0.25) is 4.79 Å². The first kappa shape index (κ1) is 23.8. The number of methoxy groups -OCH3 is 2. The zero-order valence-electron chi connectivity index (χ0n) is 17.9. The number of hydrogen-bond donors (Lipinski definition) is 1. The van der Waals surface area contributed by atoms with Gasteiger partial charge in [0.15, 0.2) is 11.5 Å². The van der Waals surface area contributed by atoms with Crippen molar-refractivity contribution in [3.05, 3.63) is 12.1 Å². The third-order valence-electron chi connectivity index (χ3n) is 5.13. The Labute approximate surface area is 182 Å². The number of carbonyl (C=O) groups is 1. The molecule has 0 spiro atoms. The van der Waals surface area contributed by atoms with Crippen molar-refractivity contribution in [2.45, 2.75) is 25.4 Å². The molecule has 2 N–H and O–H groups in total. The number of rotatable bonds is 8. The number of nitrogens with zero attached hydrogens (tertiary/aromatic N) is 4. The quantitative estimate of drug-likeness (QED) is 0.667. The molecule has 1 atom stereocenters. The van der Waals surface area contributed by atoms with E-state index < -0.39 is 0 Å². The molecule has 1 aromatic carbocycles. The summed E-state index contributed by atoms with van der Waals surface area (Å²) >= 11 is 0. The van der Waals surface area contributed by atoms with Crippen LogP contribution < -0.4 is 20.1 Å². The van der Waals surface area contributed by atoms with E-state index in [1.54, 1.807) is 31.3 Å². The van der Waals surface area contributed by atoms with Gasteiger partial charge in [-0.05, 0) is 25.3 Å². The summed E-state index contributed by atoms with van der Waals surface area (Å²) in [7, 11) is 6.87. The van der Waals surface area contributed by atoms with Gasteiger partial charge in [0.05, 0.1) is 19.7 Å². The first-order valence-corrected chi connectivity index (χ1v) is 9.71. The first-order valence-electron chi connectivity index (χ1n) is 9.71. The molecule has 1 amide bonds. The second-order valence-corrected chi connectivity index (χ2v) is 7.17. The Hall–Kier alpha value is -2.52. The van der Waals surface area contributed by atoms with Gasteiger partial charge in [-0.25, -0.2) is 4.98 Å². The van der Waals surface area contributed by atoms with Crippen LogP contribution in [0, 0.1) is 0 Å². The van der Waals surface area contributed by atoms with E-state index in [1.165, 1.54) is 0 Å². The van der Waals surface area contributed by atoms with Crippen LogP contribution in [0.15, 0.2) is 12.1 Å². The average molecular weight is 440 g/mol. The lowest BCUT2D eigenvalue weighted by Crippen LogP contribution is -2.37. The summed E-state index contributed by atoms with van der Waals surface area (Å²) in [5.41, 5.74) is 6.84. The Morgan fingerprint density at radius 2 is 1.90 bits per heavy atom. The van der Waals surface area contributed by atoms with E-state index >= 15 is 0 Å². The van der Waals surface area contributed by atoms with Gasteiger partial charge < -0.3 is 29.7 Å². The smallest absolute Gasteiger partial charge is 0.251 e. The topological polar surface area (TPSA) is 103 Å². The minimum Gasteiger partial charge on any atom is -0.493 e. The molecule has 166 valence electrons. The molecule has 1 saturated heterocycles. The zero-order valence-corrected chi connectivity index (χ0v) is 18.7. The highest BCUT2D eigenvalue weighted by atomic mass is 35.5. The maximum absolute atomic E-state index is 12.3. The van der Waals surface area contributed by atoms with Crippen LogP contribution in [0.2, 0.25) is 0 Å². The molecule has 0 saturated carbocycles. The summed E-state index contributed by atoms with van der Waals surface area (Å²) in [5, 5.41) is 0.710. The van der Waals surface area contributed by atoms with Gasteiger partial charge in [-0.2, -0.15) is 4.98 Å². The predicted molar refractivity (Wildman–Crippen MR) is 119 cm³/mol. The Morgan fingerprint density at radius 3 is 2.53 bits per heavy atom. The fourth-order valence-electron chi connectivity index (χ4n) is 3.41. The molecule has 2 aromatic rings. The normalized spacial score (nSPS) is 15.5. The van der Waals surface area contributed by atoms with Gasteiger partial charge in [-0.1, -0.05) is 0 Å². The van der Waals surface area contributed by atoms with E-state index in [0.717, 1.165) is 19.3 Å². The highest BCUT2D eigenvalue weighted by Gasteiger charge is 2.26. The first-order chi connectivity index (χ1) is 13.9. The van der Waals surface area contributed by atoms with E-state index in [2.05, 4.69) is 9.97 Å². The molecule has 1 fully saturated rings. The van der Waals surface area contributed by atoms with Crippen LogP contribution in [0.25, 0.3) is 10.9 Å². The number of halogens is 1. The highest BCUT2D eigenvalue weighted by molar-refractivity contribution is 5.91. The molecule has 1 aromatic heterocycles. The van der Waals surface area contributed by atoms with Crippen molar-refractivity contribution >= 4 is 41.0 Å². The number of aromatic nitrogens is 2. The molecule has 10 heteroatoms. The fourth-order valence-corrected chi connectivity index (χ4v) is 3.41. The van der Waals surface area contributed by atoms with Crippen LogP contribution in [0.3, 0.4) is 0 Å². The second-order valence-electron chi connectivity index (χ2n) is 7.17. The third-order valence-corrected chi connectivity index (χ3v) is 5.13. The van der Waals surface area contributed by atoms with Crippen molar-refractivity contribution in [1.29, 1.82) is 0 Å². The third kappa shape index (κ3) is 5.14. The van der Waals surface area contributed by atoms with Crippen molar-refractivity contribution in [1.82, 2.24) is 14.9 Å². The largest absolute Gasteiger partial charge is 0.493 e. The number of benzene rings is 1. The SMILES string of the molecule is COc1cc2nc(N(C)CCCN(C)C(=O)C3CCCO3)nc(N)c2cc1OC.Cl. The lowest BCUT2D eigenvalue weighted by atomic mass is 10.2. The van der Waals surface area contributed by atoms with Crippen LogP contribution in [0.1, 0.15) is 19.3 Å². The molecule has 30 heavy (non-hydrogen) atoms. The van der Waals surface area contributed by atoms with Crippen LogP contribution in [0.4, 0.5) is 11.8 Å². The Bertz CT molecular complexity index is 876. The van der Waals surface area contributed by atoms with Crippen molar-refractivity contribution in [3.63, 3.8) is 0 Å². The number of amides is 1. The van der Waals surface area contributed by atoms with Crippen molar-refractivity contribution in [2.75, 3.05) is 58.6 Å². The number of ether oxygens (including phenoxy) is 3. The minimum absolute atomic E-state index is 0. The number of fused-ring (bicyclic) bond motifs is 1. The number of anilines is 2. The number of nitrogens with two attached hydrogens (primary N) is 1. The second kappa shape index (κ2) is 10.5. The Morgan fingerprint density at radius 1 is 1.20 bits per heavy atom. The summed E-state index contributed by atoms with van der Waals surface area (Å²) in [6.07, 6.45) is 2.25. The van der Waals surface area contributed by atoms with Crippen molar-refractivity contribution < 1.29 is 19.0 Å². The van der Waals surface area contributed by atoms with Crippen LogP contribution in [-0.2, 0) is 9.53 Å². The predicted octanol–water partition coefficient (Wildman–Crippen LogP) is 2.11. The Kier molecular flexibility index (Phi) is 8.31. The summed E-state index contributed by atoms with van der Waals surface area (Å²) in [6.45, 7) is 1.99. The van der Waals surface area contributed by atoms with Crippen LogP contribution in [0.5, 0.6) is 11.5 Å². The van der Waals surface area contributed by atoms with E-state index in [-0.39, 0.29) is 24.4 Å². The summed E-state index contributed by atoms with van der Waals surface area (Å²) < 4.78 is 16.1. The van der Waals surface area contributed by atoms with Gasteiger partial charge in [0.2, 0.25) is 5.95 Å². The van der Waals surface area contributed by atoms with E-state index in [0.29, 0.717) is 53.9 Å². The molecule has 1 aliphatic heterocycles. The van der Waals surface area contributed by atoms with Crippen LogP contribution in [-0.4, -0.2) is 74.9 Å². The van der Waals surface area contributed by atoms with Gasteiger partial charge in [-0.15, -0.1) is 12.4 Å². The van der Waals surface area contributed by atoms with Gasteiger partial charge in [0.25, 0.3) is 5.91 Å². The zero-order chi connectivity index (χ0) is 21.0. The molecule has 3 rings (SSSR count). The highest BCUT2D eigenvalue weighted by Crippen LogP contribution is 2.34. The molecular formula is C20H30ClN5O4. The van der Waals surface area contributed by atoms with Crippen LogP contribution >= 0.6 is 12.4 Å². The van der Waals surface area contributed by atoms with Crippen molar-refractivity contribution in [2.24, 2.45) is 0 Å². The monoisotopic (exact) mass is 439 g/mol. The standard InChI is InChI=1S/C20H29N5O4.ClH/c1-24(19(26)15-7-5-10-29-15)8-6-9-25(2)20-22-14-12-17(28-4)16(27-3)11-13(14)18(21)23-20;/h11-12,15H,5-10H2,1-4H3,(H2,21,22,23);1H. The minimum atomic E-state index is -0.284. The number of likely N-dealkylation sites (N-methyl/N-ethyl adjacent to an activating group) is 1. The molecule has 2 heterocycles. The van der Waals surface area contributed by atoms with Gasteiger partial charge >= 0.3 is 0 Å². The number of carbonyl (C=O) groups excluding carboxylic acids is 1. The van der Waals surface area contributed by atoms with Gasteiger partial charge in [0, 0.05) is 45.2 Å². The molecule has 0 bridgehead atoms. The lowest BCUT2D eigenvalue weighted by Gasteiger charge is -2.23. The van der Waals surface area contributed by atoms with E-state index in [9.17, 15) is 4.79 Å². The maximum atomic E-state index is 12.3. The molecule has 0 radical (unpaired) electrons. The summed E-state index contributed by atoms with van der Waals surface area (Å²) in [5.74, 6) is 2.12. The molecule has 1 aliphatic rings. The summed E-state index contributed by atoms with van der Waals surface area (Å²) in [6, 6.07) is 3.57. The van der Waals surface area contributed by atoms with E-state index in [4.69, 9.17) is 19.9 Å². The molecule has 9 nitrogen and oxygen atoms in total. The summed E-state index contributed by atoms with van der Waals surface area (Å²) in [4.78, 5) is 25.0. The fraction of sp³-hybridized carbons (Fsp3) is 0.550. The molecule has 0 aliphatic carbocycles. The average Bonchev–Trinajstić information content (AvgIpc) is 3.26. The Balaban J connectivity index is 0.00000320. The van der Waals surface area contributed by atoms with E-state index in [1.807, 2.05) is 19.0 Å². The number of nitrogen functional groups attached to an aromatic ring is 1. The lowest BCUT2D eigenvalue weighted by molar-refractivity contribution is -0.139. The van der Waals surface area contributed by atoms with Crippen molar-refractivity contribution in [3.8, 4) is 11.5 Å².